The lowest BCUT2D eigenvalue weighted by molar-refractivity contribution is 0.402. The summed E-state index contributed by atoms with van der Waals surface area (Å²) in [5, 5.41) is 9.15. The Morgan fingerprint density at radius 3 is 2.27 bits per heavy atom. The molecule has 4 aromatic rings. The number of thiazole rings is 1. The summed E-state index contributed by atoms with van der Waals surface area (Å²) in [6.45, 7) is 4.11. The molecule has 6 nitrogen and oxygen atoms in total. The van der Waals surface area contributed by atoms with E-state index in [0.717, 1.165) is 49.6 Å². The highest BCUT2D eigenvalue weighted by Gasteiger charge is 2.10. The second kappa shape index (κ2) is 9.92. The summed E-state index contributed by atoms with van der Waals surface area (Å²) in [7, 11) is 4.97. The van der Waals surface area contributed by atoms with Crippen LogP contribution in [-0.4, -0.2) is 38.3 Å². The van der Waals surface area contributed by atoms with E-state index in [2.05, 4.69) is 43.5 Å². The first kappa shape index (κ1) is 22.6. The molecule has 0 unspecified atom stereocenters. The predicted octanol–water partition coefficient (Wildman–Crippen LogP) is 5.59. The lowest BCUT2D eigenvalue weighted by Crippen LogP contribution is -2.14. The van der Waals surface area contributed by atoms with Crippen LogP contribution in [0, 0.1) is 0 Å². The summed E-state index contributed by atoms with van der Waals surface area (Å²) in [5.41, 5.74) is 2.85. The molecule has 0 saturated carbocycles. The zero-order valence-corrected chi connectivity index (χ0v) is 20.2. The van der Waals surface area contributed by atoms with Gasteiger partial charge in [0.1, 0.15) is 17.2 Å². The quantitative estimate of drug-likeness (QED) is 0.337. The molecule has 0 amide bonds. The van der Waals surface area contributed by atoms with Crippen LogP contribution < -0.4 is 19.0 Å². The van der Waals surface area contributed by atoms with Crippen LogP contribution in [-0.2, 0) is 0 Å². The highest BCUT2D eigenvalue weighted by atomic mass is 32.1. The van der Waals surface area contributed by atoms with Crippen LogP contribution in [0.4, 0.5) is 0 Å². The summed E-state index contributed by atoms with van der Waals surface area (Å²) in [4.78, 5) is 5.60. The monoisotopic (exact) mass is 461 g/mol. The third-order valence-electron chi connectivity index (χ3n) is 5.15. The second-order valence-electron chi connectivity index (χ2n) is 7.72. The van der Waals surface area contributed by atoms with Crippen molar-refractivity contribution in [2.24, 2.45) is 10.1 Å². The fourth-order valence-electron chi connectivity index (χ4n) is 3.49. The van der Waals surface area contributed by atoms with Gasteiger partial charge in [-0.25, -0.2) is 4.68 Å². The average Bonchev–Trinajstić information content (AvgIpc) is 3.23. The molecule has 7 heteroatoms. The van der Waals surface area contributed by atoms with Gasteiger partial charge in [-0.1, -0.05) is 18.2 Å². The Hall–Kier alpha value is -3.58. The van der Waals surface area contributed by atoms with Gasteiger partial charge in [-0.3, -0.25) is 4.99 Å². The molecule has 0 saturated heterocycles. The number of aromatic nitrogens is 1. The van der Waals surface area contributed by atoms with Crippen molar-refractivity contribution in [1.82, 2.24) is 4.68 Å². The number of benzene rings is 3. The van der Waals surface area contributed by atoms with Crippen molar-refractivity contribution in [2.45, 2.75) is 19.9 Å². The minimum Gasteiger partial charge on any atom is -0.497 e. The van der Waals surface area contributed by atoms with E-state index in [4.69, 9.17) is 24.3 Å². The third kappa shape index (κ3) is 4.93. The lowest BCUT2D eigenvalue weighted by Gasteiger charge is -2.09. The molecule has 0 N–H and O–H groups in total. The van der Waals surface area contributed by atoms with Crippen LogP contribution in [0.1, 0.15) is 19.4 Å². The highest BCUT2D eigenvalue weighted by molar-refractivity contribution is 7.07. The molecule has 0 aliphatic rings. The number of ether oxygens (including phenoxy) is 3. The summed E-state index contributed by atoms with van der Waals surface area (Å²) in [6.07, 6.45) is 1.78. The average molecular weight is 462 g/mol. The second-order valence-corrected chi connectivity index (χ2v) is 8.56. The van der Waals surface area contributed by atoms with Crippen molar-refractivity contribution < 1.29 is 14.2 Å². The maximum atomic E-state index is 5.50. The van der Waals surface area contributed by atoms with Crippen LogP contribution in [0.3, 0.4) is 0 Å². The minimum atomic E-state index is 0.147. The van der Waals surface area contributed by atoms with Crippen molar-refractivity contribution in [3.05, 3.63) is 70.3 Å². The zero-order chi connectivity index (χ0) is 23.4. The number of nitrogens with zero attached hydrogens (tertiary/aromatic N) is 3. The Morgan fingerprint density at radius 2 is 1.55 bits per heavy atom. The Kier molecular flexibility index (Phi) is 6.79. The molecule has 1 heterocycles. The minimum absolute atomic E-state index is 0.147. The van der Waals surface area contributed by atoms with Gasteiger partial charge in [0.25, 0.3) is 0 Å². The highest BCUT2D eigenvalue weighted by Crippen LogP contribution is 2.28. The first-order valence-corrected chi connectivity index (χ1v) is 11.5. The topological polar surface area (TPSA) is 57.3 Å². The van der Waals surface area contributed by atoms with E-state index in [1.807, 2.05) is 35.0 Å². The largest absolute Gasteiger partial charge is 0.497 e. The van der Waals surface area contributed by atoms with Crippen LogP contribution in [0.15, 0.2) is 70.1 Å². The smallest absolute Gasteiger partial charge is 0.206 e. The molecule has 3 aromatic carbocycles. The Labute approximate surface area is 197 Å². The van der Waals surface area contributed by atoms with E-state index in [1.165, 1.54) is 0 Å². The SMILES string of the molecule is COc1ccc(OC)c(C=Nn2c(-c3ccc4cc(OC)ccc4c3)csc2=NC(C)C)c1. The predicted molar refractivity (Wildman–Crippen MR) is 135 cm³/mol. The van der Waals surface area contributed by atoms with Crippen molar-refractivity contribution in [3.63, 3.8) is 0 Å². The summed E-state index contributed by atoms with van der Waals surface area (Å²) in [5.74, 6) is 2.31. The molecule has 0 spiro atoms. The van der Waals surface area contributed by atoms with Gasteiger partial charge in [0.15, 0.2) is 0 Å². The first-order valence-electron chi connectivity index (χ1n) is 10.6. The fourth-order valence-corrected chi connectivity index (χ4v) is 4.46. The molecule has 0 fully saturated rings. The van der Waals surface area contributed by atoms with Gasteiger partial charge in [-0.2, -0.15) is 5.10 Å². The molecule has 1 aromatic heterocycles. The van der Waals surface area contributed by atoms with Crippen molar-refractivity contribution in [1.29, 1.82) is 0 Å². The molecule has 170 valence electrons. The Balaban J connectivity index is 1.83. The van der Waals surface area contributed by atoms with Crippen LogP contribution in [0.25, 0.3) is 22.0 Å². The zero-order valence-electron chi connectivity index (χ0n) is 19.4. The van der Waals surface area contributed by atoms with Gasteiger partial charge < -0.3 is 14.2 Å². The maximum absolute atomic E-state index is 5.50. The number of hydrogen-bond acceptors (Lipinski definition) is 6. The normalized spacial score (nSPS) is 12.1. The van der Waals surface area contributed by atoms with Crippen LogP contribution in [0.5, 0.6) is 17.2 Å². The molecule has 0 aliphatic carbocycles. The molecule has 0 aliphatic heterocycles. The number of rotatable bonds is 7. The summed E-state index contributed by atoms with van der Waals surface area (Å²) < 4.78 is 18.1. The summed E-state index contributed by atoms with van der Waals surface area (Å²) in [6, 6.07) is 18.2. The van der Waals surface area contributed by atoms with E-state index in [1.54, 1.807) is 38.9 Å². The third-order valence-corrected chi connectivity index (χ3v) is 5.98. The molecular weight excluding hydrogens is 434 g/mol. The molecular formula is C26H27N3O3S. The Morgan fingerprint density at radius 1 is 0.848 bits per heavy atom. The van der Waals surface area contributed by atoms with E-state index in [9.17, 15) is 0 Å². The van der Waals surface area contributed by atoms with E-state index in [-0.39, 0.29) is 6.04 Å². The standard InChI is InChI=1S/C26H27N3O3S/c1-17(2)28-26-29(27-15-21-14-23(31-4)10-11-25(21)32-5)24(16-33-26)20-7-6-19-13-22(30-3)9-8-18(19)12-20/h6-17H,1-5H3. The van der Waals surface area contributed by atoms with E-state index >= 15 is 0 Å². The van der Waals surface area contributed by atoms with Crippen molar-refractivity contribution in [2.75, 3.05) is 21.3 Å². The fraction of sp³-hybridized carbons (Fsp3) is 0.231. The van der Waals surface area contributed by atoms with Gasteiger partial charge in [0.05, 0.1) is 33.2 Å². The molecule has 0 radical (unpaired) electrons. The van der Waals surface area contributed by atoms with Gasteiger partial charge in [0.2, 0.25) is 4.80 Å². The number of hydrogen-bond donors (Lipinski definition) is 0. The first-order chi connectivity index (χ1) is 16.0. The summed E-state index contributed by atoms with van der Waals surface area (Å²) >= 11 is 1.57. The van der Waals surface area contributed by atoms with Gasteiger partial charge in [-0.05, 0) is 61.0 Å². The Bertz CT molecular complexity index is 1370. The maximum Gasteiger partial charge on any atom is 0.206 e. The van der Waals surface area contributed by atoms with E-state index < -0.39 is 0 Å². The number of methoxy groups -OCH3 is 3. The van der Waals surface area contributed by atoms with Crippen molar-refractivity contribution >= 4 is 28.3 Å². The number of fused-ring (bicyclic) bond motifs is 1. The van der Waals surface area contributed by atoms with Crippen LogP contribution in [0.2, 0.25) is 0 Å². The van der Waals surface area contributed by atoms with Gasteiger partial charge in [0, 0.05) is 22.5 Å². The molecule has 33 heavy (non-hydrogen) atoms. The van der Waals surface area contributed by atoms with E-state index in [0.29, 0.717) is 0 Å². The lowest BCUT2D eigenvalue weighted by atomic mass is 10.1. The van der Waals surface area contributed by atoms with Crippen molar-refractivity contribution in [3.8, 4) is 28.5 Å². The molecule has 0 atom stereocenters. The van der Waals surface area contributed by atoms with Gasteiger partial charge >= 0.3 is 0 Å². The van der Waals surface area contributed by atoms with Gasteiger partial charge in [-0.15, -0.1) is 11.3 Å². The molecule has 4 rings (SSSR count). The van der Waals surface area contributed by atoms with Crippen LogP contribution >= 0.6 is 11.3 Å². The molecule has 0 bridgehead atoms.